The first-order chi connectivity index (χ1) is 9.47. The Morgan fingerprint density at radius 3 is 2.68 bits per heavy atom. The summed E-state index contributed by atoms with van der Waals surface area (Å²) in [5.74, 6) is 0. The standard InChI is InChI=1S/C16H14N2O/c1-2-4-6-12-19-13-11-17-14-15-8-7-10-18-16(15)9-5-3-1/h1-14H/b3-1-,4-2-,9-5-,12-6-,13-11-,17-14?. The third-order valence-electron chi connectivity index (χ3n) is 2.28. The van der Waals surface area contributed by atoms with E-state index < -0.39 is 0 Å². The van der Waals surface area contributed by atoms with Crippen LogP contribution in [0.2, 0.25) is 0 Å². The highest BCUT2D eigenvalue weighted by Crippen LogP contribution is 2.05. The van der Waals surface area contributed by atoms with E-state index in [0.717, 1.165) is 11.3 Å². The quantitative estimate of drug-likeness (QED) is 0.704. The van der Waals surface area contributed by atoms with Crippen LogP contribution in [0, 0.1) is 0 Å². The number of nitrogens with zero attached hydrogens (tertiary/aromatic N) is 2. The summed E-state index contributed by atoms with van der Waals surface area (Å²) >= 11 is 0. The molecule has 1 aromatic heterocycles. The molecule has 2 rings (SSSR count). The number of fused-ring (bicyclic) bond motifs is 1. The van der Waals surface area contributed by atoms with E-state index in [4.69, 9.17) is 4.74 Å². The molecule has 0 N–H and O–H groups in total. The maximum atomic E-state index is 5.12. The highest BCUT2D eigenvalue weighted by Gasteiger charge is 1.94. The Kier molecular flexibility index (Phi) is 5.11. The Hall–Kier alpha value is -2.68. The molecule has 3 heteroatoms. The zero-order chi connectivity index (χ0) is 13.2. The second kappa shape index (κ2) is 7.61. The molecule has 0 saturated carbocycles. The second-order valence-corrected chi connectivity index (χ2v) is 3.63. The number of pyridine rings is 1. The predicted molar refractivity (Wildman–Crippen MR) is 78.5 cm³/mol. The SMILES string of the molecule is C1=N/C=C\O\C=C/C=C\C=C/C=C\c2ncccc21. The van der Waals surface area contributed by atoms with E-state index in [1.54, 1.807) is 30.9 Å². The molecule has 0 amide bonds. The highest BCUT2D eigenvalue weighted by atomic mass is 16.5. The summed E-state index contributed by atoms with van der Waals surface area (Å²) in [4.78, 5) is 8.46. The summed E-state index contributed by atoms with van der Waals surface area (Å²) in [5, 5.41) is 0. The minimum atomic E-state index is 0.877. The molecule has 1 aromatic rings. The largest absolute Gasteiger partial charge is 0.471 e. The topological polar surface area (TPSA) is 34.5 Å². The van der Waals surface area contributed by atoms with Crippen LogP contribution >= 0.6 is 0 Å². The number of hydrogen-bond donors (Lipinski definition) is 0. The van der Waals surface area contributed by atoms with Crippen molar-refractivity contribution in [1.29, 1.82) is 0 Å². The maximum Gasteiger partial charge on any atom is 0.108 e. The molecule has 0 unspecified atom stereocenters. The number of allylic oxidation sites excluding steroid dienone is 6. The Balaban J connectivity index is 2.28. The number of rotatable bonds is 0. The van der Waals surface area contributed by atoms with Gasteiger partial charge >= 0.3 is 0 Å². The van der Waals surface area contributed by atoms with Crippen molar-refractivity contribution in [3.05, 3.63) is 84.8 Å². The molecule has 0 aliphatic carbocycles. The summed E-state index contributed by atoms with van der Waals surface area (Å²) in [6, 6.07) is 3.85. The molecule has 0 aromatic carbocycles. The molecule has 0 radical (unpaired) electrons. The molecule has 1 aliphatic heterocycles. The first-order valence-electron chi connectivity index (χ1n) is 5.92. The molecule has 0 fully saturated rings. The fraction of sp³-hybridized carbons (Fsp3) is 0. The third kappa shape index (κ3) is 4.60. The van der Waals surface area contributed by atoms with Gasteiger partial charge in [0, 0.05) is 18.0 Å². The van der Waals surface area contributed by atoms with E-state index in [-0.39, 0.29) is 0 Å². The summed E-state index contributed by atoms with van der Waals surface area (Å²) in [5.41, 5.74) is 1.83. The van der Waals surface area contributed by atoms with Crippen LogP contribution in [0.1, 0.15) is 11.3 Å². The van der Waals surface area contributed by atoms with Crippen LogP contribution in [0.15, 0.2) is 78.5 Å². The van der Waals surface area contributed by atoms with Gasteiger partial charge in [-0.05, 0) is 24.3 Å². The first-order valence-corrected chi connectivity index (χ1v) is 5.92. The Morgan fingerprint density at radius 1 is 0.895 bits per heavy atom. The van der Waals surface area contributed by atoms with Crippen molar-refractivity contribution in [3.63, 3.8) is 0 Å². The van der Waals surface area contributed by atoms with Gasteiger partial charge in [0.2, 0.25) is 0 Å². The number of hydrogen-bond acceptors (Lipinski definition) is 3. The Bertz CT molecular complexity index is 578. The van der Waals surface area contributed by atoms with E-state index >= 15 is 0 Å². The van der Waals surface area contributed by atoms with Gasteiger partial charge in [-0.1, -0.05) is 30.4 Å². The fourth-order valence-electron chi connectivity index (χ4n) is 1.41. The van der Waals surface area contributed by atoms with Crippen LogP contribution in [0.25, 0.3) is 6.08 Å². The normalized spacial score (nSPS) is 22.9. The third-order valence-corrected chi connectivity index (χ3v) is 2.28. The van der Waals surface area contributed by atoms with E-state index in [0.29, 0.717) is 0 Å². The lowest BCUT2D eigenvalue weighted by atomic mass is 10.2. The van der Waals surface area contributed by atoms with Crippen molar-refractivity contribution in [2.75, 3.05) is 0 Å². The summed E-state index contributed by atoms with van der Waals surface area (Å²) in [6.07, 6.45) is 21.6. The maximum absolute atomic E-state index is 5.12. The molecule has 0 bridgehead atoms. The van der Waals surface area contributed by atoms with Gasteiger partial charge in [0.25, 0.3) is 0 Å². The van der Waals surface area contributed by atoms with Gasteiger partial charge in [-0.15, -0.1) is 0 Å². The second-order valence-electron chi connectivity index (χ2n) is 3.63. The molecule has 0 saturated heterocycles. The molecule has 2 heterocycles. The molecule has 3 nitrogen and oxygen atoms in total. The van der Waals surface area contributed by atoms with E-state index in [1.807, 2.05) is 48.6 Å². The number of aliphatic imine (C=N–C) groups is 1. The van der Waals surface area contributed by atoms with Crippen LogP contribution in [0.4, 0.5) is 0 Å². The van der Waals surface area contributed by atoms with Gasteiger partial charge < -0.3 is 4.74 Å². The van der Waals surface area contributed by atoms with Crippen molar-refractivity contribution in [1.82, 2.24) is 4.98 Å². The summed E-state index contributed by atoms with van der Waals surface area (Å²) < 4.78 is 5.12. The van der Waals surface area contributed by atoms with Crippen LogP contribution in [0.5, 0.6) is 0 Å². The lowest BCUT2D eigenvalue weighted by molar-refractivity contribution is 0.402. The molecular formula is C16H14N2O. The van der Waals surface area contributed by atoms with Crippen LogP contribution in [-0.2, 0) is 4.74 Å². The highest BCUT2D eigenvalue weighted by molar-refractivity contribution is 5.84. The van der Waals surface area contributed by atoms with Crippen molar-refractivity contribution < 1.29 is 4.74 Å². The lowest BCUT2D eigenvalue weighted by Crippen LogP contribution is -1.89. The zero-order valence-corrected chi connectivity index (χ0v) is 10.4. The van der Waals surface area contributed by atoms with Crippen molar-refractivity contribution in [2.24, 2.45) is 4.99 Å². The Morgan fingerprint density at radius 2 is 1.74 bits per heavy atom. The lowest BCUT2D eigenvalue weighted by Gasteiger charge is -1.97. The molecule has 1 aliphatic rings. The van der Waals surface area contributed by atoms with E-state index in [2.05, 4.69) is 9.98 Å². The van der Waals surface area contributed by atoms with Crippen molar-refractivity contribution in [2.45, 2.75) is 0 Å². The molecular weight excluding hydrogens is 236 g/mol. The number of aromatic nitrogens is 1. The Labute approximate surface area is 112 Å². The molecule has 94 valence electrons. The van der Waals surface area contributed by atoms with Crippen molar-refractivity contribution >= 4 is 12.3 Å². The zero-order valence-electron chi connectivity index (χ0n) is 10.4. The van der Waals surface area contributed by atoms with Crippen LogP contribution in [-0.4, -0.2) is 11.2 Å². The van der Waals surface area contributed by atoms with Crippen LogP contribution in [0.3, 0.4) is 0 Å². The van der Waals surface area contributed by atoms with E-state index in [1.165, 1.54) is 6.26 Å². The van der Waals surface area contributed by atoms with Gasteiger partial charge in [0.15, 0.2) is 0 Å². The monoisotopic (exact) mass is 250 g/mol. The van der Waals surface area contributed by atoms with Gasteiger partial charge in [0.05, 0.1) is 18.2 Å². The minimum absolute atomic E-state index is 0.877. The number of ether oxygens (including phenoxy) is 1. The van der Waals surface area contributed by atoms with Crippen molar-refractivity contribution in [3.8, 4) is 0 Å². The van der Waals surface area contributed by atoms with Crippen LogP contribution < -0.4 is 0 Å². The fourth-order valence-corrected chi connectivity index (χ4v) is 1.41. The smallest absolute Gasteiger partial charge is 0.108 e. The van der Waals surface area contributed by atoms with Gasteiger partial charge in [-0.25, -0.2) is 0 Å². The summed E-state index contributed by atoms with van der Waals surface area (Å²) in [6.45, 7) is 0. The predicted octanol–water partition coefficient (Wildman–Crippen LogP) is 3.64. The van der Waals surface area contributed by atoms with Gasteiger partial charge in [-0.2, -0.15) is 0 Å². The first kappa shape index (κ1) is 12.8. The molecule has 0 spiro atoms. The van der Waals surface area contributed by atoms with E-state index in [9.17, 15) is 0 Å². The summed E-state index contributed by atoms with van der Waals surface area (Å²) in [7, 11) is 0. The average molecular weight is 250 g/mol. The van der Waals surface area contributed by atoms with Gasteiger partial charge in [-0.3, -0.25) is 9.98 Å². The molecule has 0 atom stereocenters. The minimum Gasteiger partial charge on any atom is -0.471 e. The molecule has 19 heavy (non-hydrogen) atoms. The average Bonchev–Trinajstić information content (AvgIpc) is 2.45. The van der Waals surface area contributed by atoms with Gasteiger partial charge in [0.1, 0.15) is 6.26 Å².